The minimum absolute atomic E-state index is 0.599. The summed E-state index contributed by atoms with van der Waals surface area (Å²) in [6, 6.07) is 14.6. The number of rotatable bonds is 5. The van der Waals surface area contributed by atoms with Gasteiger partial charge >= 0.3 is 0 Å². The van der Waals surface area contributed by atoms with Crippen LogP contribution in [-0.2, 0) is 6.54 Å². The van der Waals surface area contributed by atoms with Crippen molar-refractivity contribution in [2.75, 3.05) is 18.4 Å². The molecule has 1 unspecified atom stereocenters. The molecule has 1 aliphatic heterocycles. The van der Waals surface area contributed by atoms with Gasteiger partial charge in [0.1, 0.15) is 0 Å². The summed E-state index contributed by atoms with van der Waals surface area (Å²) in [4.78, 5) is 6.99. The summed E-state index contributed by atoms with van der Waals surface area (Å²) in [6.07, 6.45) is 3.78. The van der Waals surface area contributed by atoms with Crippen LogP contribution in [0.2, 0.25) is 0 Å². The molecule has 0 bridgehead atoms. The van der Waals surface area contributed by atoms with E-state index in [9.17, 15) is 5.11 Å². The maximum atomic E-state index is 10.2. The monoisotopic (exact) mass is 425 g/mol. The van der Waals surface area contributed by atoms with Crippen LogP contribution in [0.15, 0.2) is 53.1 Å². The van der Waals surface area contributed by atoms with E-state index in [0.717, 1.165) is 38.9 Å². The van der Waals surface area contributed by atoms with Gasteiger partial charge in [0.25, 0.3) is 0 Å². The van der Waals surface area contributed by atoms with Crippen LogP contribution in [0.3, 0.4) is 0 Å². The fourth-order valence-corrected chi connectivity index (χ4v) is 4.03. The minimum atomic E-state index is -0.599. The molecule has 4 nitrogen and oxygen atoms in total. The number of hydrogen-bond donors (Lipinski definition) is 2. The Morgan fingerprint density at radius 2 is 1.89 bits per heavy atom. The van der Waals surface area contributed by atoms with E-state index < -0.39 is 6.10 Å². The Bertz CT molecular complexity index is 934. The van der Waals surface area contributed by atoms with Gasteiger partial charge in [-0.15, -0.1) is 0 Å². The van der Waals surface area contributed by atoms with Crippen LogP contribution in [-0.4, -0.2) is 28.1 Å². The topological polar surface area (TPSA) is 48.4 Å². The van der Waals surface area contributed by atoms with Crippen LogP contribution < -0.4 is 5.32 Å². The maximum Gasteiger partial charge on any atom is 0.0797 e. The predicted octanol–water partition coefficient (Wildman–Crippen LogP) is 5.39. The quantitative estimate of drug-likeness (QED) is 0.575. The Morgan fingerprint density at radius 3 is 2.59 bits per heavy atom. The zero-order chi connectivity index (χ0) is 18.8. The molecule has 1 aromatic heterocycles. The molecule has 1 saturated heterocycles. The van der Waals surface area contributed by atoms with E-state index in [1.54, 1.807) is 13.1 Å². The first-order valence-corrected chi connectivity index (χ1v) is 10.2. The van der Waals surface area contributed by atoms with Crippen molar-refractivity contribution in [2.24, 2.45) is 0 Å². The van der Waals surface area contributed by atoms with Crippen molar-refractivity contribution in [3.05, 3.63) is 64.3 Å². The van der Waals surface area contributed by atoms with Crippen molar-refractivity contribution < 1.29 is 5.11 Å². The second-order valence-corrected chi connectivity index (χ2v) is 8.15. The first kappa shape index (κ1) is 18.4. The number of nitrogens with zero attached hydrogens (tertiary/aromatic N) is 2. The number of halogens is 1. The fraction of sp³-hybridized carbons (Fsp3) is 0.318. The van der Waals surface area contributed by atoms with E-state index in [2.05, 4.69) is 55.4 Å². The SMILES string of the molecule is CC(O)c1cnc2ccc(Br)cc2c1Nc1ccc(CN2CCCC2)cc1. The lowest BCUT2D eigenvalue weighted by Crippen LogP contribution is -2.18. The van der Waals surface area contributed by atoms with Crippen molar-refractivity contribution in [1.29, 1.82) is 0 Å². The normalized spacial score (nSPS) is 16.0. The van der Waals surface area contributed by atoms with Gasteiger partial charge in [0, 0.05) is 33.9 Å². The largest absolute Gasteiger partial charge is 0.389 e. The molecule has 3 aromatic rings. The van der Waals surface area contributed by atoms with E-state index in [4.69, 9.17) is 0 Å². The van der Waals surface area contributed by atoms with Gasteiger partial charge in [0.05, 0.1) is 17.3 Å². The molecular weight excluding hydrogens is 402 g/mol. The van der Waals surface area contributed by atoms with Crippen molar-refractivity contribution in [3.8, 4) is 0 Å². The first-order valence-electron chi connectivity index (χ1n) is 9.45. The molecule has 1 atom stereocenters. The number of fused-ring (bicyclic) bond motifs is 1. The zero-order valence-corrected chi connectivity index (χ0v) is 17.0. The van der Waals surface area contributed by atoms with Crippen LogP contribution >= 0.6 is 15.9 Å². The summed E-state index contributed by atoms with van der Waals surface area (Å²) < 4.78 is 0.989. The van der Waals surface area contributed by atoms with Crippen LogP contribution in [0.1, 0.15) is 37.0 Å². The first-order chi connectivity index (χ1) is 13.1. The Hall–Kier alpha value is -1.95. The standard InChI is InChI=1S/C22H24BrN3O/c1-15(27)20-13-24-21-9-6-17(23)12-19(21)22(20)25-18-7-4-16(5-8-18)14-26-10-2-3-11-26/h4-9,12-13,15,27H,2-3,10-11,14H2,1H3,(H,24,25). The molecule has 0 aliphatic carbocycles. The Kier molecular flexibility index (Phi) is 5.43. The van der Waals surface area contributed by atoms with Crippen molar-refractivity contribution in [1.82, 2.24) is 9.88 Å². The lowest BCUT2D eigenvalue weighted by Gasteiger charge is -2.18. The minimum Gasteiger partial charge on any atom is -0.389 e. The average Bonchev–Trinajstić information content (AvgIpc) is 3.16. The molecule has 2 heterocycles. The number of nitrogens with one attached hydrogen (secondary N) is 1. The molecule has 27 heavy (non-hydrogen) atoms. The molecule has 1 fully saturated rings. The smallest absolute Gasteiger partial charge is 0.0797 e. The molecule has 140 valence electrons. The second-order valence-electron chi connectivity index (χ2n) is 7.23. The molecule has 5 heteroatoms. The van der Waals surface area contributed by atoms with Crippen LogP contribution in [0.5, 0.6) is 0 Å². The lowest BCUT2D eigenvalue weighted by atomic mass is 10.1. The van der Waals surface area contributed by atoms with Gasteiger partial charge in [-0.25, -0.2) is 0 Å². The zero-order valence-electron chi connectivity index (χ0n) is 15.5. The number of benzene rings is 2. The van der Waals surface area contributed by atoms with E-state index in [1.165, 1.54) is 31.5 Å². The molecule has 0 spiro atoms. The van der Waals surface area contributed by atoms with Gasteiger partial charge in [0.15, 0.2) is 0 Å². The third kappa shape index (κ3) is 4.15. The molecule has 0 amide bonds. The highest BCUT2D eigenvalue weighted by atomic mass is 79.9. The number of likely N-dealkylation sites (tertiary alicyclic amines) is 1. The van der Waals surface area contributed by atoms with Gasteiger partial charge in [-0.3, -0.25) is 9.88 Å². The summed E-state index contributed by atoms with van der Waals surface area (Å²) in [5, 5.41) is 14.7. The van der Waals surface area contributed by atoms with Crippen molar-refractivity contribution >= 4 is 38.2 Å². The second kappa shape index (κ2) is 7.97. The molecule has 1 aliphatic rings. The number of hydrogen-bond acceptors (Lipinski definition) is 4. The van der Waals surface area contributed by atoms with E-state index >= 15 is 0 Å². The third-order valence-corrected chi connectivity index (χ3v) is 5.63. The van der Waals surface area contributed by atoms with Crippen LogP contribution in [0.4, 0.5) is 11.4 Å². The van der Waals surface area contributed by atoms with E-state index in [1.807, 2.05) is 18.2 Å². The summed E-state index contributed by atoms with van der Waals surface area (Å²) >= 11 is 3.54. The highest BCUT2D eigenvalue weighted by Gasteiger charge is 2.14. The Morgan fingerprint density at radius 1 is 1.15 bits per heavy atom. The Balaban J connectivity index is 1.63. The van der Waals surface area contributed by atoms with Crippen LogP contribution in [0.25, 0.3) is 10.9 Å². The third-order valence-electron chi connectivity index (χ3n) is 5.14. The van der Waals surface area contributed by atoms with Crippen molar-refractivity contribution in [3.63, 3.8) is 0 Å². The summed E-state index contributed by atoms with van der Waals surface area (Å²) in [5.74, 6) is 0. The van der Waals surface area contributed by atoms with Crippen molar-refractivity contribution in [2.45, 2.75) is 32.4 Å². The summed E-state index contributed by atoms with van der Waals surface area (Å²) in [6.45, 7) is 5.20. The Labute approximate surface area is 168 Å². The van der Waals surface area contributed by atoms with E-state index in [0.29, 0.717) is 0 Å². The number of aliphatic hydroxyl groups is 1. The molecule has 2 N–H and O–H groups in total. The summed E-state index contributed by atoms with van der Waals surface area (Å²) in [7, 11) is 0. The van der Waals surface area contributed by atoms with Gasteiger partial charge in [-0.2, -0.15) is 0 Å². The highest BCUT2D eigenvalue weighted by Crippen LogP contribution is 2.34. The molecule has 4 rings (SSSR count). The summed E-state index contributed by atoms with van der Waals surface area (Å²) in [5.41, 5.74) is 4.94. The van der Waals surface area contributed by atoms with Gasteiger partial charge in [0.2, 0.25) is 0 Å². The maximum absolute atomic E-state index is 10.2. The van der Waals surface area contributed by atoms with Gasteiger partial charge in [-0.05, 0) is 68.8 Å². The average molecular weight is 426 g/mol. The van der Waals surface area contributed by atoms with Gasteiger partial charge < -0.3 is 10.4 Å². The van der Waals surface area contributed by atoms with Crippen LogP contribution in [0, 0.1) is 0 Å². The molecular formula is C22H24BrN3O. The highest BCUT2D eigenvalue weighted by molar-refractivity contribution is 9.10. The van der Waals surface area contributed by atoms with E-state index in [-0.39, 0.29) is 0 Å². The fourth-order valence-electron chi connectivity index (χ4n) is 3.67. The van der Waals surface area contributed by atoms with Gasteiger partial charge in [-0.1, -0.05) is 28.1 Å². The molecule has 0 saturated carbocycles. The number of pyridine rings is 1. The lowest BCUT2D eigenvalue weighted by molar-refractivity contribution is 0.200. The molecule has 2 aromatic carbocycles. The number of aromatic nitrogens is 1. The predicted molar refractivity (Wildman–Crippen MR) is 114 cm³/mol. The molecule has 0 radical (unpaired) electrons. The number of anilines is 2. The number of aliphatic hydroxyl groups excluding tert-OH is 1.